The summed E-state index contributed by atoms with van der Waals surface area (Å²) in [5.74, 6) is 1.18. The number of tetrazole rings is 1. The second-order valence-electron chi connectivity index (χ2n) is 4.08. The van der Waals surface area contributed by atoms with Crippen LogP contribution in [0, 0.1) is 0 Å². The quantitative estimate of drug-likeness (QED) is 0.716. The van der Waals surface area contributed by atoms with Crippen LogP contribution in [0.4, 0.5) is 0 Å². The molecule has 1 atom stereocenters. The lowest BCUT2D eigenvalue weighted by atomic mass is 10.1. The van der Waals surface area contributed by atoms with Crippen molar-refractivity contribution in [2.75, 3.05) is 19.4 Å². The number of nitrogens with two attached hydrogens (primary N) is 1. The first-order valence-electron chi connectivity index (χ1n) is 6.15. The molecule has 0 spiro atoms. The molecule has 0 radical (unpaired) electrons. The summed E-state index contributed by atoms with van der Waals surface area (Å²) in [6.45, 7) is 1.03. The number of aliphatic hydroxyl groups is 1. The third-order valence-electron chi connectivity index (χ3n) is 2.69. The van der Waals surface area contributed by atoms with Crippen molar-refractivity contribution in [3.8, 4) is 5.75 Å². The molecule has 0 aliphatic rings. The van der Waals surface area contributed by atoms with Gasteiger partial charge >= 0.3 is 0 Å². The SMILES string of the molecule is COc1cccc(C(O)CSc2nnnn2CCN)c1. The number of aromatic nitrogens is 4. The highest BCUT2D eigenvalue weighted by Gasteiger charge is 2.12. The first-order valence-corrected chi connectivity index (χ1v) is 7.14. The highest BCUT2D eigenvalue weighted by atomic mass is 32.2. The fourth-order valence-electron chi connectivity index (χ4n) is 1.66. The molecule has 1 aromatic carbocycles. The number of thioether (sulfide) groups is 1. The number of rotatable bonds is 7. The van der Waals surface area contributed by atoms with Crippen LogP contribution in [-0.2, 0) is 6.54 Å². The van der Waals surface area contributed by atoms with E-state index in [1.165, 1.54) is 11.8 Å². The highest BCUT2D eigenvalue weighted by molar-refractivity contribution is 7.99. The van der Waals surface area contributed by atoms with Crippen LogP contribution in [-0.4, -0.2) is 44.7 Å². The molecule has 0 bridgehead atoms. The number of methoxy groups -OCH3 is 1. The van der Waals surface area contributed by atoms with Gasteiger partial charge in [0.2, 0.25) is 5.16 Å². The van der Waals surface area contributed by atoms with E-state index < -0.39 is 6.10 Å². The van der Waals surface area contributed by atoms with Crippen LogP contribution in [0.3, 0.4) is 0 Å². The molecule has 0 saturated heterocycles. The summed E-state index contributed by atoms with van der Waals surface area (Å²) in [5, 5.41) is 22.2. The zero-order valence-electron chi connectivity index (χ0n) is 11.1. The van der Waals surface area contributed by atoms with Crippen LogP contribution in [0.15, 0.2) is 29.4 Å². The van der Waals surface area contributed by atoms with Gasteiger partial charge in [0.15, 0.2) is 0 Å². The predicted octanol–water partition coefficient (Wildman–Crippen LogP) is 0.466. The molecule has 0 aliphatic carbocycles. The number of nitrogens with zero attached hydrogens (tertiary/aromatic N) is 4. The van der Waals surface area contributed by atoms with Crippen LogP contribution in [0.1, 0.15) is 11.7 Å². The molecule has 2 rings (SSSR count). The maximum absolute atomic E-state index is 10.2. The molecular weight excluding hydrogens is 278 g/mol. The summed E-state index contributed by atoms with van der Waals surface area (Å²) >= 11 is 1.39. The molecule has 0 saturated carbocycles. The van der Waals surface area contributed by atoms with Gasteiger partial charge in [-0.25, -0.2) is 4.68 Å². The summed E-state index contributed by atoms with van der Waals surface area (Å²) < 4.78 is 6.77. The Hall–Kier alpha value is -1.64. The lowest BCUT2D eigenvalue weighted by Gasteiger charge is -2.11. The Kier molecular flexibility index (Phi) is 5.33. The van der Waals surface area contributed by atoms with Gasteiger partial charge in [-0.3, -0.25) is 0 Å². The van der Waals surface area contributed by atoms with E-state index >= 15 is 0 Å². The third-order valence-corrected chi connectivity index (χ3v) is 3.72. The van der Waals surface area contributed by atoms with Crippen molar-refractivity contribution in [2.45, 2.75) is 17.8 Å². The number of ether oxygens (including phenoxy) is 1. The summed E-state index contributed by atoms with van der Waals surface area (Å²) in [4.78, 5) is 0. The molecule has 0 fully saturated rings. The minimum Gasteiger partial charge on any atom is -0.497 e. The summed E-state index contributed by atoms with van der Waals surface area (Å²) in [7, 11) is 1.60. The zero-order chi connectivity index (χ0) is 14.4. The maximum Gasteiger partial charge on any atom is 0.209 e. The van der Waals surface area contributed by atoms with Crippen molar-refractivity contribution in [3.05, 3.63) is 29.8 Å². The van der Waals surface area contributed by atoms with Gasteiger partial charge in [0.05, 0.1) is 19.8 Å². The van der Waals surface area contributed by atoms with Gasteiger partial charge in [-0.2, -0.15) is 0 Å². The number of hydrogen-bond acceptors (Lipinski definition) is 7. The Morgan fingerprint density at radius 1 is 1.50 bits per heavy atom. The Morgan fingerprint density at radius 2 is 2.35 bits per heavy atom. The fraction of sp³-hybridized carbons (Fsp3) is 0.417. The Bertz CT molecular complexity index is 548. The average Bonchev–Trinajstić information content (AvgIpc) is 2.92. The predicted molar refractivity (Wildman–Crippen MR) is 75.5 cm³/mol. The van der Waals surface area contributed by atoms with Gasteiger partial charge in [-0.05, 0) is 28.1 Å². The minimum absolute atomic E-state index is 0.456. The van der Waals surface area contributed by atoms with E-state index in [0.717, 1.165) is 11.3 Å². The van der Waals surface area contributed by atoms with Gasteiger partial charge in [0.1, 0.15) is 5.75 Å². The lowest BCUT2D eigenvalue weighted by molar-refractivity contribution is 0.203. The van der Waals surface area contributed by atoms with Gasteiger partial charge in [-0.15, -0.1) is 5.10 Å². The van der Waals surface area contributed by atoms with E-state index in [9.17, 15) is 5.11 Å². The number of aliphatic hydroxyl groups excluding tert-OH is 1. The molecule has 2 aromatic rings. The second-order valence-corrected chi connectivity index (χ2v) is 5.06. The smallest absolute Gasteiger partial charge is 0.209 e. The molecule has 0 aliphatic heterocycles. The summed E-state index contributed by atoms with van der Waals surface area (Å²) in [5.41, 5.74) is 6.28. The molecular formula is C12H17N5O2S. The first-order chi connectivity index (χ1) is 9.74. The van der Waals surface area contributed by atoms with Gasteiger partial charge in [0, 0.05) is 12.3 Å². The molecule has 8 heteroatoms. The zero-order valence-corrected chi connectivity index (χ0v) is 12.0. The van der Waals surface area contributed by atoms with Crippen LogP contribution >= 0.6 is 11.8 Å². The van der Waals surface area contributed by atoms with Crippen LogP contribution in [0.25, 0.3) is 0 Å². The van der Waals surface area contributed by atoms with Crippen LogP contribution in [0.2, 0.25) is 0 Å². The lowest BCUT2D eigenvalue weighted by Crippen LogP contribution is -2.12. The number of hydrogen-bond donors (Lipinski definition) is 2. The van der Waals surface area contributed by atoms with E-state index in [1.807, 2.05) is 24.3 Å². The number of benzene rings is 1. The standard InChI is InChI=1S/C12H17N5O2S/c1-19-10-4-2-3-9(7-10)11(18)8-20-12-14-15-16-17(12)6-5-13/h2-4,7,11,18H,5-6,8,13H2,1H3. The van der Waals surface area contributed by atoms with Gasteiger partial charge in [0.25, 0.3) is 0 Å². The largest absolute Gasteiger partial charge is 0.497 e. The van der Waals surface area contributed by atoms with E-state index in [2.05, 4.69) is 15.5 Å². The van der Waals surface area contributed by atoms with Crippen molar-refractivity contribution in [2.24, 2.45) is 5.73 Å². The minimum atomic E-state index is -0.613. The third kappa shape index (κ3) is 3.69. The second kappa shape index (κ2) is 7.22. The summed E-state index contributed by atoms with van der Waals surface area (Å²) in [6, 6.07) is 7.36. The molecule has 0 amide bonds. The Morgan fingerprint density at radius 3 is 3.10 bits per heavy atom. The van der Waals surface area contributed by atoms with E-state index in [0.29, 0.717) is 24.0 Å². The Balaban J connectivity index is 1.97. The van der Waals surface area contributed by atoms with Crippen molar-refractivity contribution >= 4 is 11.8 Å². The van der Waals surface area contributed by atoms with E-state index in [4.69, 9.17) is 10.5 Å². The van der Waals surface area contributed by atoms with Crippen LogP contribution in [0.5, 0.6) is 5.75 Å². The molecule has 1 unspecified atom stereocenters. The highest BCUT2D eigenvalue weighted by Crippen LogP contribution is 2.25. The first kappa shape index (κ1) is 14.8. The topological polar surface area (TPSA) is 99.1 Å². The van der Waals surface area contributed by atoms with Gasteiger partial charge < -0.3 is 15.6 Å². The monoisotopic (exact) mass is 295 g/mol. The molecule has 20 heavy (non-hydrogen) atoms. The van der Waals surface area contributed by atoms with Crippen LogP contribution < -0.4 is 10.5 Å². The molecule has 1 aromatic heterocycles. The van der Waals surface area contributed by atoms with Crippen molar-refractivity contribution in [1.82, 2.24) is 20.2 Å². The maximum atomic E-state index is 10.2. The molecule has 3 N–H and O–H groups in total. The van der Waals surface area contributed by atoms with E-state index in [1.54, 1.807) is 11.8 Å². The Labute approximate surface area is 121 Å². The molecule has 108 valence electrons. The molecule has 1 heterocycles. The van der Waals surface area contributed by atoms with E-state index in [-0.39, 0.29) is 0 Å². The van der Waals surface area contributed by atoms with Crippen molar-refractivity contribution < 1.29 is 9.84 Å². The van der Waals surface area contributed by atoms with Gasteiger partial charge in [-0.1, -0.05) is 23.9 Å². The fourth-order valence-corrected chi connectivity index (χ4v) is 2.53. The van der Waals surface area contributed by atoms with Crippen molar-refractivity contribution in [3.63, 3.8) is 0 Å². The molecule has 7 nitrogen and oxygen atoms in total. The van der Waals surface area contributed by atoms with Crippen molar-refractivity contribution in [1.29, 1.82) is 0 Å². The summed E-state index contributed by atoms with van der Waals surface area (Å²) in [6.07, 6.45) is -0.613. The average molecular weight is 295 g/mol. The normalized spacial score (nSPS) is 12.3.